The van der Waals surface area contributed by atoms with E-state index in [-0.39, 0.29) is 0 Å². The normalized spacial score (nSPS) is 11.9. The van der Waals surface area contributed by atoms with Crippen molar-refractivity contribution in [3.05, 3.63) is 176 Å². The van der Waals surface area contributed by atoms with E-state index in [1.165, 1.54) is 47.3 Å². The Kier molecular flexibility index (Phi) is 6.76. The lowest BCUT2D eigenvalue weighted by Gasteiger charge is -2.12. The summed E-state index contributed by atoms with van der Waals surface area (Å²) in [5.74, 6) is 1.86. The second kappa shape index (κ2) is 12.2. The number of furan rings is 1. The maximum absolute atomic E-state index is 6.69. The topological polar surface area (TPSA) is 51.8 Å². The third-order valence-corrected chi connectivity index (χ3v) is 12.2. The van der Waals surface area contributed by atoms with Gasteiger partial charge in [-0.25, -0.2) is 15.0 Å². The molecule has 12 aromatic rings. The molecule has 0 bridgehead atoms. The fourth-order valence-electron chi connectivity index (χ4n) is 8.58. The van der Waals surface area contributed by atoms with E-state index < -0.39 is 0 Å². The van der Waals surface area contributed by atoms with Gasteiger partial charge in [-0.3, -0.25) is 0 Å². The van der Waals surface area contributed by atoms with Crippen molar-refractivity contribution >= 4 is 85.8 Å². The van der Waals surface area contributed by atoms with Crippen molar-refractivity contribution < 1.29 is 4.42 Å². The molecule has 56 heavy (non-hydrogen) atoms. The molecule has 260 valence electrons. The van der Waals surface area contributed by atoms with Crippen LogP contribution in [0.1, 0.15) is 0 Å². The molecular weight excluding hydrogens is 703 g/mol. The van der Waals surface area contributed by atoms with Gasteiger partial charge in [0.2, 0.25) is 0 Å². The van der Waals surface area contributed by atoms with Gasteiger partial charge in [0.05, 0.1) is 0 Å². The van der Waals surface area contributed by atoms with E-state index in [9.17, 15) is 0 Å². The SMILES string of the molecule is c1ccc(-c2nc(-c3cc4ccccc4c4ccccc34)nc(-c3cccc4oc5cc(-c6cc7sc8ccccc8c7c7ccccc67)ccc5c34)n2)cc1. The summed E-state index contributed by atoms with van der Waals surface area (Å²) in [5, 5.41) is 11.7. The quantitative estimate of drug-likeness (QED) is 0.169. The van der Waals surface area contributed by atoms with Gasteiger partial charge < -0.3 is 4.42 Å². The molecular formula is C51H29N3OS. The Hall–Kier alpha value is -7.21. The zero-order valence-corrected chi connectivity index (χ0v) is 30.7. The van der Waals surface area contributed by atoms with Crippen LogP contribution in [0.25, 0.3) is 120 Å². The standard InChI is InChI=1S/C51H29N3OS/c1-2-13-30(14-3-1)49-52-50(54-51(53-49)42-27-31-15-4-5-16-33(31)34-17-6-7-18-35(34)42)40-22-12-23-43-47(40)38-26-25-32(28-44(38)55-43)41-29-46-48(37-20-9-8-19-36(37)41)39-21-10-11-24-45(39)56-46/h1-29H. The highest BCUT2D eigenvalue weighted by atomic mass is 32.1. The molecule has 3 aromatic heterocycles. The van der Waals surface area contributed by atoms with Gasteiger partial charge in [-0.1, -0.05) is 140 Å². The van der Waals surface area contributed by atoms with Crippen LogP contribution < -0.4 is 0 Å². The minimum absolute atomic E-state index is 0.602. The zero-order chi connectivity index (χ0) is 36.7. The zero-order valence-electron chi connectivity index (χ0n) is 29.9. The summed E-state index contributed by atoms with van der Waals surface area (Å²) in [7, 11) is 0. The minimum Gasteiger partial charge on any atom is -0.456 e. The van der Waals surface area contributed by atoms with Crippen LogP contribution in [0.5, 0.6) is 0 Å². The fourth-order valence-corrected chi connectivity index (χ4v) is 9.74. The average Bonchev–Trinajstić information content (AvgIpc) is 3.84. The number of benzene rings is 9. The van der Waals surface area contributed by atoms with Crippen LogP contribution in [0.3, 0.4) is 0 Å². The molecule has 0 fully saturated rings. The van der Waals surface area contributed by atoms with E-state index in [1.54, 1.807) is 0 Å². The summed E-state index contributed by atoms with van der Waals surface area (Å²) >= 11 is 1.85. The molecule has 0 aliphatic heterocycles. The third kappa shape index (κ3) is 4.75. The Bertz CT molecular complexity index is 3550. The van der Waals surface area contributed by atoms with Gasteiger partial charge in [0.15, 0.2) is 17.5 Å². The van der Waals surface area contributed by atoms with Crippen LogP contribution in [0.4, 0.5) is 0 Å². The first-order valence-corrected chi connectivity index (χ1v) is 19.6. The van der Waals surface area contributed by atoms with Crippen LogP contribution in [0, 0.1) is 0 Å². The summed E-state index contributed by atoms with van der Waals surface area (Å²) in [5.41, 5.74) is 6.72. The molecule has 0 aliphatic rings. The van der Waals surface area contributed by atoms with Gasteiger partial charge in [-0.15, -0.1) is 11.3 Å². The van der Waals surface area contributed by atoms with Gasteiger partial charge in [0, 0.05) is 47.6 Å². The van der Waals surface area contributed by atoms with Gasteiger partial charge in [0.1, 0.15) is 11.2 Å². The van der Waals surface area contributed by atoms with Crippen molar-refractivity contribution in [3.63, 3.8) is 0 Å². The summed E-state index contributed by atoms with van der Waals surface area (Å²) in [4.78, 5) is 15.6. The Balaban J connectivity index is 1.07. The van der Waals surface area contributed by atoms with Gasteiger partial charge in [-0.05, 0) is 79.8 Å². The first-order chi connectivity index (χ1) is 27.7. The lowest BCUT2D eigenvalue weighted by Crippen LogP contribution is -2.01. The molecule has 0 saturated carbocycles. The molecule has 0 atom stereocenters. The van der Waals surface area contributed by atoms with Crippen LogP contribution >= 0.6 is 11.3 Å². The maximum atomic E-state index is 6.69. The second-order valence-corrected chi connectivity index (χ2v) is 15.4. The van der Waals surface area contributed by atoms with Crippen molar-refractivity contribution in [3.8, 4) is 45.3 Å². The average molecular weight is 732 g/mol. The predicted octanol–water partition coefficient (Wildman–Crippen LogP) is 14.3. The van der Waals surface area contributed by atoms with Crippen molar-refractivity contribution in [2.75, 3.05) is 0 Å². The van der Waals surface area contributed by atoms with Crippen LogP contribution in [-0.2, 0) is 0 Å². The molecule has 4 nitrogen and oxygen atoms in total. The molecule has 0 aliphatic carbocycles. The number of rotatable bonds is 4. The maximum Gasteiger partial charge on any atom is 0.164 e. The van der Waals surface area contributed by atoms with E-state index in [0.29, 0.717) is 17.5 Å². The minimum atomic E-state index is 0.602. The van der Waals surface area contributed by atoms with Gasteiger partial charge in [-0.2, -0.15) is 0 Å². The highest BCUT2D eigenvalue weighted by molar-refractivity contribution is 7.26. The van der Waals surface area contributed by atoms with Gasteiger partial charge in [0.25, 0.3) is 0 Å². The smallest absolute Gasteiger partial charge is 0.164 e. The molecule has 0 spiro atoms. The van der Waals surface area contributed by atoms with Crippen molar-refractivity contribution in [2.45, 2.75) is 0 Å². The van der Waals surface area contributed by atoms with Crippen LogP contribution in [0.15, 0.2) is 180 Å². The van der Waals surface area contributed by atoms with E-state index in [1.807, 2.05) is 41.7 Å². The first-order valence-electron chi connectivity index (χ1n) is 18.8. The number of thiophene rings is 1. The first kappa shape index (κ1) is 31.2. The Morgan fingerprint density at radius 3 is 1.84 bits per heavy atom. The molecule has 3 heterocycles. The lowest BCUT2D eigenvalue weighted by atomic mass is 9.94. The van der Waals surface area contributed by atoms with E-state index in [2.05, 4.69) is 146 Å². The number of aromatic nitrogens is 3. The number of fused-ring (bicyclic) bond motifs is 11. The number of nitrogens with zero attached hydrogens (tertiary/aromatic N) is 3. The molecule has 0 saturated heterocycles. The number of hydrogen-bond donors (Lipinski definition) is 0. The molecule has 0 radical (unpaired) electrons. The van der Waals surface area contributed by atoms with Crippen molar-refractivity contribution in [1.29, 1.82) is 0 Å². The fraction of sp³-hybridized carbons (Fsp3) is 0. The lowest BCUT2D eigenvalue weighted by molar-refractivity contribution is 0.669. The Labute approximate surface area is 325 Å². The highest BCUT2D eigenvalue weighted by Crippen LogP contribution is 2.44. The largest absolute Gasteiger partial charge is 0.456 e. The summed E-state index contributed by atoms with van der Waals surface area (Å²) in [6.45, 7) is 0. The monoisotopic (exact) mass is 731 g/mol. The Morgan fingerprint density at radius 2 is 1.00 bits per heavy atom. The molecule has 0 N–H and O–H groups in total. The molecule has 12 rings (SSSR count). The summed E-state index contributed by atoms with van der Waals surface area (Å²) < 4.78 is 9.28. The highest BCUT2D eigenvalue weighted by Gasteiger charge is 2.21. The number of hydrogen-bond acceptors (Lipinski definition) is 5. The molecule has 0 unspecified atom stereocenters. The van der Waals surface area contributed by atoms with E-state index >= 15 is 0 Å². The summed E-state index contributed by atoms with van der Waals surface area (Å²) in [6, 6.07) is 62.0. The van der Waals surface area contributed by atoms with Crippen molar-refractivity contribution in [2.24, 2.45) is 0 Å². The molecule has 5 heteroatoms. The molecule has 0 amide bonds. The van der Waals surface area contributed by atoms with Gasteiger partial charge >= 0.3 is 0 Å². The third-order valence-electron chi connectivity index (χ3n) is 11.1. The predicted molar refractivity (Wildman–Crippen MR) is 234 cm³/mol. The Morgan fingerprint density at radius 1 is 0.339 bits per heavy atom. The summed E-state index contributed by atoms with van der Waals surface area (Å²) in [6.07, 6.45) is 0. The molecule has 9 aromatic carbocycles. The van der Waals surface area contributed by atoms with Crippen molar-refractivity contribution in [1.82, 2.24) is 15.0 Å². The second-order valence-electron chi connectivity index (χ2n) is 14.3. The van der Waals surface area contributed by atoms with E-state index in [0.717, 1.165) is 55.0 Å². The van der Waals surface area contributed by atoms with Crippen LogP contribution in [-0.4, -0.2) is 15.0 Å². The van der Waals surface area contributed by atoms with E-state index in [4.69, 9.17) is 19.4 Å². The van der Waals surface area contributed by atoms with Crippen LogP contribution in [0.2, 0.25) is 0 Å².